The maximum atomic E-state index is 5.64. The van der Waals surface area contributed by atoms with Gasteiger partial charge in [0.05, 0.1) is 0 Å². The Morgan fingerprint density at radius 3 is 2.38 bits per heavy atom. The van der Waals surface area contributed by atoms with Crippen LogP contribution < -0.4 is 0 Å². The lowest BCUT2D eigenvalue weighted by Gasteiger charge is -2.16. The predicted molar refractivity (Wildman–Crippen MR) is 72.0 cm³/mol. The molecule has 2 heteroatoms. The van der Waals surface area contributed by atoms with Gasteiger partial charge in [-0.15, -0.1) is 11.6 Å². The van der Waals surface area contributed by atoms with Gasteiger partial charge >= 0.3 is 0 Å². The van der Waals surface area contributed by atoms with E-state index in [1.807, 2.05) is 0 Å². The van der Waals surface area contributed by atoms with Gasteiger partial charge in [-0.25, -0.2) is 0 Å². The molecule has 1 aromatic rings. The molecule has 0 aromatic heterocycles. The second-order valence-corrected chi connectivity index (χ2v) is 4.70. The molecule has 0 atom stereocenters. The van der Waals surface area contributed by atoms with E-state index >= 15 is 0 Å². The largest absolute Gasteiger partial charge is 0.302 e. The van der Waals surface area contributed by atoms with Crippen LogP contribution in [-0.2, 0) is 6.54 Å². The van der Waals surface area contributed by atoms with Crippen LogP contribution in [0.1, 0.15) is 31.2 Å². The van der Waals surface area contributed by atoms with E-state index in [0.29, 0.717) is 0 Å². The Hall–Kier alpha value is -0.530. The van der Waals surface area contributed by atoms with Crippen molar-refractivity contribution < 1.29 is 0 Å². The van der Waals surface area contributed by atoms with Gasteiger partial charge in [-0.1, -0.05) is 43.2 Å². The first-order chi connectivity index (χ1) is 7.83. The fourth-order valence-electron chi connectivity index (χ4n) is 1.80. The van der Waals surface area contributed by atoms with E-state index in [1.165, 1.54) is 31.4 Å². The predicted octanol–water partition coefficient (Wildman–Crippen LogP) is 3.92. The number of halogens is 1. The quantitative estimate of drug-likeness (QED) is 0.491. The lowest BCUT2D eigenvalue weighted by atomic mass is 10.2. The van der Waals surface area contributed by atoms with Gasteiger partial charge < -0.3 is 4.90 Å². The summed E-state index contributed by atoms with van der Waals surface area (Å²) in [6, 6.07) is 10.6. The Bertz CT molecular complexity index is 261. The molecule has 16 heavy (non-hydrogen) atoms. The minimum atomic E-state index is 0.805. The zero-order valence-electron chi connectivity index (χ0n) is 10.2. The fraction of sp³-hybridized carbons (Fsp3) is 0.571. The van der Waals surface area contributed by atoms with Gasteiger partial charge in [0, 0.05) is 12.4 Å². The Morgan fingerprint density at radius 1 is 1.00 bits per heavy atom. The van der Waals surface area contributed by atoms with E-state index in [9.17, 15) is 0 Å². The summed E-state index contributed by atoms with van der Waals surface area (Å²) < 4.78 is 0. The van der Waals surface area contributed by atoms with E-state index in [1.54, 1.807) is 0 Å². The summed E-state index contributed by atoms with van der Waals surface area (Å²) in [5, 5.41) is 0. The van der Waals surface area contributed by atoms with E-state index in [-0.39, 0.29) is 0 Å². The maximum absolute atomic E-state index is 5.64. The van der Waals surface area contributed by atoms with Crippen LogP contribution in [0.2, 0.25) is 0 Å². The van der Waals surface area contributed by atoms with Crippen molar-refractivity contribution >= 4 is 11.6 Å². The van der Waals surface area contributed by atoms with Crippen molar-refractivity contribution in [1.29, 1.82) is 0 Å². The molecule has 1 nitrogen and oxygen atoms in total. The van der Waals surface area contributed by atoms with Crippen LogP contribution in [0.25, 0.3) is 0 Å². The molecular weight excluding hydrogens is 218 g/mol. The average Bonchev–Trinajstić information content (AvgIpc) is 2.30. The normalized spacial score (nSPS) is 10.9. The van der Waals surface area contributed by atoms with Gasteiger partial charge in [0.1, 0.15) is 0 Å². The summed E-state index contributed by atoms with van der Waals surface area (Å²) >= 11 is 5.64. The first-order valence-electron chi connectivity index (χ1n) is 6.11. The van der Waals surface area contributed by atoms with Gasteiger partial charge in [0.25, 0.3) is 0 Å². The molecule has 0 unspecified atom stereocenters. The number of rotatable bonds is 8. The molecule has 0 aliphatic rings. The third-order valence-electron chi connectivity index (χ3n) is 2.72. The molecule has 0 heterocycles. The van der Waals surface area contributed by atoms with Crippen LogP contribution in [-0.4, -0.2) is 24.4 Å². The SMILES string of the molecule is CN(CCCCCCCl)Cc1ccccc1. The van der Waals surface area contributed by atoms with E-state index in [4.69, 9.17) is 11.6 Å². The second-order valence-electron chi connectivity index (χ2n) is 4.33. The van der Waals surface area contributed by atoms with E-state index in [2.05, 4.69) is 42.3 Å². The van der Waals surface area contributed by atoms with Crippen molar-refractivity contribution in [1.82, 2.24) is 4.90 Å². The average molecular weight is 240 g/mol. The van der Waals surface area contributed by atoms with Crippen LogP contribution in [0.3, 0.4) is 0 Å². The summed E-state index contributed by atoms with van der Waals surface area (Å²) in [4.78, 5) is 2.38. The highest BCUT2D eigenvalue weighted by Gasteiger charge is 1.99. The van der Waals surface area contributed by atoms with Crippen LogP contribution >= 0.6 is 11.6 Å². The first kappa shape index (κ1) is 13.5. The molecule has 0 spiro atoms. The Labute approximate surface area is 104 Å². The van der Waals surface area contributed by atoms with Crippen LogP contribution in [0.5, 0.6) is 0 Å². The number of alkyl halides is 1. The first-order valence-corrected chi connectivity index (χ1v) is 6.65. The Kier molecular flexibility index (Phi) is 7.28. The summed E-state index contributed by atoms with van der Waals surface area (Å²) in [6.45, 7) is 2.23. The van der Waals surface area contributed by atoms with Gasteiger partial charge in [0.15, 0.2) is 0 Å². The molecule has 90 valence electrons. The Balaban J connectivity index is 2.09. The fourth-order valence-corrected chi connectivity index (χ4v) is 1.99. The molecule has 0 amide bonds. The molecule has 0 bridgehead atoms. The van der Waals surface area contributed by atoms with Crippen molar-refractivity contribution in [3.63, 3.8) is 0 Å². The highest BCUT2D eigenvalue weighted by molar-refractivity contribution is 6.17. The minimum absolute atomic E-state index is 0.805. The number of unbranched alkanes of at least 4 members (excludes halogenated alkanes) is 3. The molecule has 1 aromatic carbocycles. The number of hydrogen-bond acceptors (Lipinski definition) is 1. The summed E-state index contributed by atoms with van der Waals surface area (Å²) in [5.74, 6) is 0.805. The molecule has 0 fully saturated rings. The third kappa shape index (κ3) is 6.14. The molecule has 0 radical (unpaired) electrons. The van der Waals surface area contributed by atoms with Gasteiger partial charge in [-0.3, -0.25) is 0 Å². The van der Waals surface area contributed by atoms with Crippen molar-refractivity contribution in [2.45, 2.75) is 32.2 Å². The molecule has 1 rings (SSSR count). The standard InChI is InChI=1S/C14H22ClN/c1-16(12-8-3-2-7-11-15)13-14-9-5-4-6-10-14/h4-6,9-10H,2-3,7-8,11-13H2,1H3. The third-order valence-corrected chi connectivity index (χ3v) is 2.99. The van der Waals surface area contributed by atoms with Crippen LogP contribution in [0.15, 0.2) is 30.3 Å². The van der Waals surface area contributed by atoms with Gasteiger partial charge in [0.2, 0.25) is 0 Å². The van der Waals surface area contributed by atoms with Crippen LogP contribution in [0, 0.1) is 0 Å². The lowest BCUT2D eigenvalue weighted by molar-refractivity contribution is 0.317. The van der Waals surface area contributed by atoms with Crippen molar-refractivity contribution in [2.75, 3.05) is 19.5 Å². The zero-order chi connectivity index (χ0) is 11.6. The van der Waals surface area contributed by atoms with Gasteiger partial charge in [-0.2, -0.15) is 0 Å². The summed E-state index contributed by atoms with van der Waals surface area (Å²) in [7, 11) is 2.19. The second kappa shape index (κ2) is 8.60. The summed E-state index contributed by atoms with van der Waals surface area (Å²) in [5.41, 5.74) is 1.39. The number of hydrogen-bond donors (Lipinski definition) is 0. The topological polar surface area (TPSA) is 3.24 Å². The Morgan fingerprint density at radius 2 is 1.69 bits per heavy atom. The summed E-state index contributed by atoms with van der Waals surface area (Å²) in [6.07, 6.45) is 5.00. The zero-order valence-corrected chi connectivity index (χ0v) is 10.9. The maximum Gasteiger partial charge on any atom is 0.0230 e. The molecule has 0 saturated carbocycles. The minimum Gasteiger partial charge on any atom is -0.302 e. The molecule has 0 aliphatic carbocycles. The molecule has 0 aliphatic heterocycles. The smallest absolute Gasteiger partial charge is 0.0230 e. The monoisotopic (exact) mass is 239 g/mol. The van der Waals surface area contributed by atoms with E-state index in [0.717, 1.165) is 18.8 Å². The highest BCUT2D eigenvalue weighted by atomic mass is 35.5. The van der Waals surface area contributed by atoms with Crippen molar-refractivity contribution in [3.8, 4) is 0 Å². The van der Waals surface area contributed by atoms with Crippen LogP contribution in [0.4, 0.5) is 0 Å². The van der Waals surface area contributed by atoms with Crippen molar-refractivity contribution in [2.24, 2.45) is 0 Å². The number of benzene rings is 1. The van der Waals surface area contributed by atoms with Crippen molar-refractivity contribution in [3.05, 3.63) is 35.9 Å². The van der Waals surface area contributed by atoms with Gasteiger partial charge in [-0.05, 0) is 32.0 Å². The van der Waals surface area contributed by atoms with E-state index < -0.39 is 0 Å². The molecule has 0 saturated heterocycles. The molecular formula is C14H22ClN. The lowest BCUT2D eigenvalue weighted by Crippen LogP contribution is -2.18. The highest BCUT2D eigenvalue weighted by Crippen LogP contribution is 2.05. The molecule has 0 N–H and O–H groups in total. The number of nitrogens with zero attached hydrogens (tertiary/aromatic N) is 1.